The molecule has 3 rings (SSSR count). The molecule has 2 aliphatic rings. The summed E-state index contributed by atoms with van der Waals surface area (Å²) in [4.78, 5) is 54.2. The Morgan fingerprint density at radius 2 is 1.19 bits per heavy atom. The van der Waals surface area contributed by atoms with Crippen LogP contribution in [0.15, 0.2) is 12.1 Å². The summed E-state index contributed by atoms with van der Waals surface area (Å²) >= 11 is 0. The average molecular weight is 583 g/mol. The maximum absolute atomic E-state index is 12.9. The summed E-state index contributed by atoms with van der Waals surface area (Å²) in [6.07, 6.45) is 5.63. The molecule has 0 aliphatic carbocycles. The summed E-state index contributed by atoms with van der Waals surface area (Å²) in [6, 6.07) is 3.14. The maximum atomic E-state index is 12.9. The molecule has 2 amide bonds. The minimum absolute atomic E-state index is 0.0602. The van der Waals surface area contributed by atoms with Gasteiger partial charge in [-0.1, -0.05) is 53.7 Å². The normalized spacial score (nSPS) is 36.9. The Bertz CT molecular complexity index is 1230. The fourth-order valence-electron chi connectivity index (χ4n) is 8.63. The van der Waals surface area contributed by atoms with Gasteiger partial charge in [-0.25, -0.2) is 0 Å². The van der Waals surface area contributed by atoms with Crippen molar-refractivity contribution in [2.75, 3.05) is 0 Å². The van der Waals surface area contributed by atoms with Crippen molar-refractivity contribution < 1.29 is 29.4 Å². The molecule has 2 saturated heterocycles. The SMILES string of the molecule is CCC1(C)CC(c2ccc(C(=O)[O-])c(C(=O)[O-])c2C2CC(C)(CC)N(C=O)C(C)(CC)C2C)C(C)C(C)(CC)N1C=O. The molecule has 8 unspecified atom stereocenters. The van der Waals surface area contributed by atoms with Crippen molar-refractivity contribution in [1.29, 1.82) is 0 Å². The number of carbonyl (C=O) groups is 4. The van der Waals surface area contributed by atoms with E-state index < -0.39 is 34.1 Å². The van der Waals surface area contributed by atoms with Crippen LogP contribution in [0.1, 0.15) is 151 Å². The number of aromatic carboxylic acids is 2. The highest BCUT2D eigenvalue weighted by molar-refractivity contribution is 6.01. The van der Waals surface area contributed by atoms with Gasteiger partial charge in [-0.05, 0) is 101 Å². The lowest BCUT2D eigenvalue weighted by Crippen LogP contribution is -2.66. The lowest BCUT2D eigenvalue weighted by atomic mass is 9.58. The molecule has 2 fully saturated rings. The number of benzene rings is 1. The molecule has 234 valence electrons. The van der Waals surface area contributed by atoms with Crippen LogP contribution in [0, 0.1) is 11.8 Å². The molecule has 1 aromatic rings. The van der Waals surface area contributed by atoms with Crippen LogP contribution in [0.4, 0.5) is 0 Å². The highest BCUT2D eigenvalue weighted by Crippen LogP contribution is 2.57. The number of carboxylic acids is 2. The summed E-state index contributed by atoms with van der Waals surface area (Å²) in [7, 11) is 0. The van der Waals surface area contributed by atoms with Crippen LogP contribution in [0.5, 0.6) is 0 Å². The second-order valence-corrected chi connectivity index (χ2v) is 13.8. The second-order valence-electron chi connectivity index (χ2n) is 13.8. The number of hydrogen-bond acceptors (Lipinski definition) is 6. The monoisotopic (exact) mass is 582 g/mol. The van der Waals surface area contributed by atoms with Gasteiger partial charge in [0.25, 0.3) is 0 Å². The zero-order chi connectivity index (χ0) is 32.0. The molecule has 1 aromatic carbocycles. The molecule has 8 nitrogen and oxygen atoms in total. The van der Waals surface area contributed by atoms with E-state index in [-0.39, 0.29) is 34.8 Å². The minimum atomic E-state index is -1.56. The van der Waals surface area contributed by atoms with E-state index >= 15 is 0 Å². The van der Waals surface area contributed by atoms with E-state index in [9.17, 15) is 29.4 Å². The number of carboxylic acid groups (broad SMARTS) is 2. The zero-order valence-electron chi connectivity index (χ0n) is 27.2. The van der Waals surface area contributed by atoms with Crippen molar-refractivity contribution in [3.05, 3.63) is 34.4 Å². The van der Waals surface area contributed by atoms with Crippen molar-refractivity contribution in [1.82, 2.24) is 9.80 Å². The third kappa shape index (κ3) is 4.83. The van der Waals surface area contributed by atoms with Gasteiger partial charge in [0.05, 0.1) is 11.9 Å². The molecule has 2 heterocycles. The van der Waals surface area contributed by atoms with Gasteiger partial charge < -0.3 is 29.6 Å². The number of carbonyl (C=O) groups excluding carboxylic acids is 4. The summed E-state index contributed by atoms with van der Waals surface area (Å²) < 4.78 is 0. The van der Waals surface area contributed by atoms with Crippen molar-refractivity contribution in [2.45, 2.75) is 142 Å². The number of rotatable bonds is 10. The summed E-state index contributed by atoms with van der Waals surface area (Å²) in [5, 5.41) is 25.3. The van der Waals surface area contributed by atoms with Crippen LogP contribution < -0.4 is 10.2 Å². The maximum Gasteiger partial charge on any atom is 0.210 e. The molecule has 0 N–H and O–H groups in total. The molecule has 8 atom stereocenters. The number of likely N-dealkylation sites (tertiary alicyclic amines) is 2. The highest BCUT2D eigenvalue weighted by atomic mass is 16.4. The fourth-order valence-corrected chi connectivity index (χ4v) is 8.63. The predicted octanol–water partition coefficient (Wildman–Crippen LogP) is 4.25. The Kier molecular flexibility index (Phi) is 9.32. The van der Waals surface area contributed by atoms with Crippen LogP contribution in [0.25, 0.3) is 0 Å². The van der Waals surface area contributed by atoms with E-state index in [0.29, 0.717) is 44.1 Å². The Hall–Kier alpha value is -2.90. The molecule has 8 heteroatoms. The first-order chi connectivity index (χ1) is 19.5. The molecule has 0 bridgehead atoms. The van der Waals surface area contributed by atoms with Crippen LogP contribution in [-0.4, -0.2) is 56.7 Å². The molecule has 2 aliphatic heterocycles. The average Bonchev–Trinajstić information content (AvgIpc) is 2.96. The van der Waals surface area contributed by atoms with Gasteiger partial charge in [0.1, 0.15) is 0 Å². The Morgan fingerprint density at radius 1 is 0.762 bits per heavy atom. The minimum Gasteiger partial charge on any atom is -0.545 e. The van der Waals surface area contributed by atoms with Crippen molar-refractivity contribution in [3.63, 3.8) is 0 Å². The number of hydrogen-bond donors (Lipinski definition) is 0. The van der Waals surface area contributed by atoms with Crippen molar-refractivity contribution in [2.24, 2.45) is 11.8 Å². The number of nitrogens with zero attached hydrogens (tertiary/aromatic N) is 2. The Labute approximate surface area is 251 Å². The summed E-state index contributed by atoms with van der Waals surface area (Å²) in [5.74, 6) is -3.87. The highest BCUT2D eigenvalue weighted by Gasteiger charge is 2.56. The third-order valence-electron chi connectivity index (χ3n) is 12.4. The van der Waals surface area contributed by atoms with Gasteiger partial charge in [0, 0.05) is 33.3 Å². The third-order valence-corrected chi connectivity index (χ3v) is 12.4. The quantitative estimate of drug-likeness (QED) is 0.380. The number of piperidine rings is 2. The molecule has 0 spiro atoms. The lowest BCUT2D eigenvalue weighted by molar-refractivity contribution is -0.259. The molecule has 0 saturated carbocycles. The molecule has 0 aromatic heterocycles. The molecule has 0 radical (unpaired) electrons. The van der Waals surface area contributed by atoms with Gasteiger partial charge in [-0.15, -0.1) is 0 Å². The Balaban J connectivity index is 2.46. The van der Waals surface area contributed by atoms with Crippen LogP contribution >= 0.6 is 0 Å². The van der Waals surface area contributed by atoms with Crippen molar-refractivity contribution in [3.8, 4) is 0 Å². The smallest absolute Gasteiger partial charge is 0.210 e. The van der Waals surface area contributed by atoms with Gasteiger partial charge in [-0.2, -0.15) is 0 Å². The van der Waals surface area contributed by atoms with Gasteiger partial charge in [0.15, 0.2) is 0 Å². The van der Waals surface area contributed by atoms with Gasteiger partial charge >= 0.3 is 0 Å². The summed E-state index contributed by atoms with van der Waals surface area (Å²) in [5.41, 5.74) is -1.60. The number of amides is 2. The second kappa shape index (κ2) is 11.6. The van der Waals surface area contributed by atoms with E-state index in [1.165, 1.54) is 6.07 Å². The fraction of sp³-hybridized carbons (Fsp3) is 0.706. The molecular formula is C34H50N2O6-2. The zero-order valence-corrected chi connectivity index (χ0v) is 27.2. The van der Waals surface area contributed by atoms with Crippen LogP contribution in [0.2, 0.25) is 0 Å². The van der Waals surface area contributed by atoms with Crippen LogP contribution in [-0.2, 0) is 9.59 Å². The van der Waals surface area contributed by atoms with E-state index in [1.807, 2.05) is 44.4 Å². The van der Waals surface area contributed by atoms with Gasteiger partial charge in [0.2, 0.25) is 12.8 Å². The largest absolute Gasteiger partial charge is 0.545 e. The predicted molar refractivity (Wildman–Crippen MR) is 159 cm³/mol. The van der Waals surface area contributed by atoms with E-state index in [1.54, 1.807) is 6.07 Å². The first kappa shape index (κ1) is 33.6. The summed E-state index contributed by atoms with van der Waals surface area (Å²) in [6.45, 7) is 20.6. The van der Waals surface area contributed by atoms with E-state index in [0.717, 1.165) is 18.4 Å². The Morgan fingerprint density at radius 3 is 1.55 bits per heavy atom. The van der Waals surface area contributed by atoms with Gasteiger partial charge in [-0.3, -0.25) is 9.59 Å². The van der Waals surface area contributed by atoms with Crippen LogP contribution in [0.3, 0.4) is 0 Å². The molecule has 42 heavy (non-hydrogen) atoms. The first-order valence-electron chi connectivity index (χ1n) is 15.6. The first-order valence-corrected chi connectivity index (χ1v) is 15.6. The standard InChI is InChI=1S/C34H52N2O6/c1-11-31(7)17-25(21(5)33(9,13-3)35(31)19-37)23-15-16-24(29(39)40)28(30(41)42)27(23)26-18-32(8,12-2)36(20-38)34(10,14-4)22(26)6/h15-16,19-22,25-26H,11-14,17-18H2,1-10H3,(H,39,40)(H,41,42)/p-2. The van der Waals surface area contributed by atoms with Crippen molar-refractivity contribution >= 4 is 24.8 Å². The molecular weight excluding hydrogens is 532 g/mol. The topological polar surface area (TPSA) is 121 Å². The van der Waals surface area contributed by atoms with E-state index in [2.05, 4.69) is 34.6 Å². The lowest BCUT2D eigenvalue weighted by Gasteiger charge is -2.61. The van der Waals surface area contributed by atoms with E-state index in [4.69, 9.17) is 0 Å².